The van der Waals surface area contributed by atoms with Crippen LogP contribution in [0.3, 0.4) is 0 Å². The van der Waals surface area contributed by atoms with Crippen molar-refractivity contribution in [3.05, 3.63) is 71.3 Å². The van der Waals surface area contributed by atoms with Crippen LogP contribution < -0.4 is 10.6 Å². The summed E-state index contributed by atoms with van der Waals surface area (Å²) in [5, 5.41) is 5.26. The van der Waals surface area contributed by atoms with Gasteiger partial charge in [0.05, 0.1) is 0 Å². The van der Waals surface area contributed by atoms with Crippen molar-refractivity contribution in [2.24, 2.45) is 5.92 Å². The quantitative estimate of drug-likeness (QED) is 0.574. The number of hydrogen-bond acceptors (Lipinski definition) is 3. The van der Waals surface area contributed by atoms with Crippen LogP contribution in [0, 0.1) is 17.6 Å². The van der Waals surface area contributed by atoms with E-state index in [0.29, 0.717) is 5.56 Å². The van der Waals surface area contributed by atoms with Crippen LogP contribution in [0.2, 0.25) is 0 Å². The van der Waals surface area contributed by atoms with Gasteiger partial charge in [-0.3, -0.25) is 14.4 Å². The summed E-state index contributed by atoms with van der Waals surface area (Å²) in [4.78, 5) is 40.6. The molecular weight excluding hydrogens is 440 g/mol. The van der Waals surface area contributed by atoms with Crippen LogP contribution in [0.25, 0.3) is 0 Å². The van der Waals surface area contributed by atoms with Gasteiger partial charge in [0.2, 0.25) is 17.7 Å². The molecule has 6 nitrogen and oxygen atoms in total. The van der Waals surface area contributed by atoms with E-state index in [2.05, 4.69) is 10.6 Å². The molecule has 0 spiro atoms. The molecule has 182 valence electrons. The smallest absolute Gasteiger partial charge is 0.249 e. The Morgan fingerprint density at radius 3 is 2.21 bits per heavy atom. The largest absolute Gasteiger partial charge is 0.351 e. The Morgan fingerprint density at radius 1 is 0.971 bits per heavy atom. The summed E-state index contributed by atoms with van der Waals surface area (Å²) >= 11 is 0. The minimum Gasteiger partial charge on any atom is -0.351 e. The molecule has 1 fully saturated rings. The molecule has 2 N–H and O–H groups in total. The number of rotatable bonds is 8. The number of nitrogens with one attached hydrogen (secondary N) is 2. The molecule has 0 bridgehead atoms. The predicted octanol–water partition coefficient (Wildman–Crippen LogP) is 3.87. The first kappa shape index (κ1) is 25.3. The maximum Gasteiger partial charge on any atom is 0.249 e. The number of carbonyl (C=O) groups is 3. The second kappa shape index (κ2) is 11.7. The minimum atomic E-state index is -1.11. The van der Waals surface area contributed by atoms with Crippen LogP contribution >= 0.6 is 0 Å². The zero-order valence-electron chi connectivity index (χ0n) is 19.5. The summed E-state index contributed by atoms with van der Waals surface area (Å²) in [6.45, 7) is 1.30. The van der Waals surface area contributed by atoms with E-state index in [9.17, 15) is 23.2 Å². The number of halogens is 2. The van der Waals surface area contributed by atoms with Crippen LogP contribution in [0.4, 0.5) is 8.78 Å². The van der Waals surface area contributed by atoms with E-state index in [1.165, 1.54) is 6.92 Å². The molecule has 34 heavy (non-hydrogen) atoms. The second-order valence-electron chi connectivity index (χ2n) is 8.81. The van der Waals surface area contributed by atoms with Crippen LogP contribution in [-0.2, 0) is 20.9 Å². The molecule has 0 aromatic heterocycles. The van der Waals surface area contributed by atoms with Gasteiger partial charge in [-0.1, -0.05) is 49.6 Å². The number of benzene rings is 2. The van der Waals surface area contributed by atoms with Crippen LogP contribution in [0.15, 0.2) is 48.5 Å². The van der Waals surface area contributed by atoms with Crippen molar-refractivity contribution in [3.63, 3.8) is 0 Å². The van der Waals surface area contributed by atoms with Crippen molar-refractivity contribution in [1.82, 2.24) is 15.5 Å². The zero-order chi connectivity index (χ0) is 24.7. The molecule has 0 heterocycles. The van der Waals surface area contributed by atoms with Crippen molar-refractivity contribution in [1.29, 1.82) is 0 Å². The van der Waals surface area contributed by atoms with Crippen molar-refractivity contribution in [2.45, 2.75) is 57.7 Å². The molecule has 0 radical (unpaired) electrons. The number of carbonyl (C=O) groups excluding carboxylic acids is 3. The van der Waals surface area contributed by atoms with Crippen molar-refractivity contribution in [3.8, 4) is 0 Å². The third-order valence-electron chi connectivity index (χ3n) is 6.31. The molecule has 3 amide bonds. The normalized spacial score (nSPS) is 15.8. The third kappa shape index (κ3) is 6.62. The van der Waals surface area contributed by atoms with E-state index >= 15 is 0 Å². The molecule has 0 aliphatic heterocycles. The Hall–Kier alpha value is -3.29. The summed E-state index contributed by atoms with van der Waals surface area (Å²) in [5.74, 6) is -4.06. The first-order valence-corrected chi connectivity index (χ1v) is 11.6. The monoisotopic (exact) mass is 471 g/mol. The van der Waals surface area contributed by atoms with Gasteiger partial charge in [0.1, 0.15) is 23.6 Å². The Kier molecular flexibility index (Phi) is 8.73. The molecular formula is C26H31F2N3O3. The van der Waals surface area contributed by atoms with Gasteiger partial charge in [0.15, 0.2) is 0 Å². The SMILES string of the molecule is CC(C(=O)NCc1cc(F)cc(F)c1)C(=O)N[C@H](C(=O)N(C)C1CCCCC1)c1ccccc1. The fraction of sp³-hybridized carbons (Fsp3) is 0.423. The van der Waals surface area contributed by atoms with Gasteiger partial charge in [-0.15, -0.1) is 0 Å². The van der Waals surface area contributed by atoms with Crippen molar-refractivity contribution >= 4 is 17.7 Å². The Bertz CT molecular complexity index is 989. The molecule has 0 saturated heterocycles. The number of amides is 3. The zero-order valence-corrected chi connectivity index (χ0v) is 19.5. The predicted molar refractivity (Wildman–Crippen MR) is 124 cm³/mol. The molecule has 1 aliphatic rings. The lowest BCUT2D eigenvalue weighted by molar-refractivity contribution is -0.141. The number of likely N-dealkylation sites (N-methyl/N-ethyl adjacent to an activating group) is 1. The van der Waals surface area contributed by atoms with Gasteiger partial charge in [-0.25, -0.2) is 8.78 Å². The first-order chi connectivity index (χ1) is 16.3. The highest BCUT2D eigenvalue weighted by Crippen LogP contribution is 2.25. The van der Waals surface area contributed by atoms with Crippen LogP contribution in [-0.4, -0.2) is 35.7 Å². The second-order valence-corrected chi connectivity index (χ2v) is 8.81. The lowest BCUT2D eigenvalue weighted by Crippen LogP contribution is -2.48. The van der Waals surface area contributed by atoms with Crippen LogP contribution in [0.1, 0.15) is 56.2 Å². The number of nitrogens with zero attached hydrogens (tertiary/aromatic N) is 1. The van der Waals surface area contributed by atoms with E-state index < -0.39 is 35.4 Å². The lowest BCUT2D eigenvalue weighted by atomic mass is 9.93. The number of hydrogen-bond donors (Lipinski definition) is 2. The average Bonchev–Trinajstić information content (AvgIpc) is 2.84. The summed E-state index contributed by atoms with van der Waals surface area (Å²) in [6, 6.07) is 11.1. The van der Waals surface area contributed by atoms with E-state index in [-0.39, 0.29) is 24.1 Å². The maximum absolute atomic E-state index is 13.4. The average molecular weight is 472 g/mol. The third-order valence-corrected chi connectivity index (χ3v) is 6.31. The molecule has 1 aliphatic carbocycles. The fourth-order valence-corrected chi connectivity index (χ4v) is 4.23. The molecule has 1 unspecified atom stereocenters. The van der Waals surface area contributed by atoms with E-state index in [4.69, 9.17) is 0 Å². The fourth-order valence-electron chi connectivity index (χ4n) is 4.23. The highest BCUT2D eigenvalue weighted by molar-refractivity contribution is 6.01. The molecule has 1 saturated carbocycles. The van der Waals surface area contributed by atoms with Gasteiger partial charge in [0.25, 0.3) is 0 Å². The summed E-state index contributed by atoms with van der Waals surface area (Å²) < 4.78 is 26.7. The lowest BCUT2D eigenvalue weighted by Gasteiger charge is -2.34. The van der Waals surface area contributed by atoms with Crippen molar-refractivity contribution < 1.29 is 23.2 Å². The highest BCUT2D eigenvalue weighted by atomic mass is 19.1. The Balaban J connectivity index is 1.67. The highest BCUT2D eigenvalue weighted by Gasteiger charge is 2.32. The minimum absolute atomic E-state index is 0.122. The van der Waals surface area contributed by atoms with E-state index in [1.807, 2.05) is 6.07 Å². The standard InChI is InChI=1S/C26H31F2N3O3/c1-17(24(32)29-16-18-13-20(27)15-21(28)14-18)25(33)30-23(19-9-5-3-6-10-19)26(34)31(2)22-11-7-4-8-12-22/h3,5-6,9-10,13-15,17,22-23H,4,7-8,11-12,16H2,1-2H3,(H,29,32)(H,30,33)/t17?,23-/m0/s1. The Morgan fingerprint density at radius 2 is 1.59 bits per heavy atom. The first-order valence-electron chi connectivity index (χ1n) is 11.6. The van der Waals surface area contributed by atoms with E-state index in [0.717, 1.165) is 50.3 Å². The molecule has 2 aromatic rings. The van der Waals surface area contributed by atoms with Crippen LogP contribution in [0.5, 0.6) is 0 Å². The topological polar surface area (TPSA) is 78.5 Å². The van der Waals surface area contributed by atoms with Gasteiger partial charge in [-0.05, 0) is 43.0 Å². The van der Waals surface area contributed by atoms with Gasteiger partial charge < -0.3 is 15.5 Å². The van der Waals surface area contributed by atoms with E-state index in [1.54, 1.807) is 36.2 Å². The van der Waals surface area contributed by atoms with Gasteiger partial charge in [-0.2, -0.15) is 0 Å². The van der Waals surface area contributed by atoms with Gasteiger partial charge >= 0.3 is 0 Å². The van der Waals surface area contributed by atoms with Crippen molar-refractivity contribution in [2.75, 3.05) is 7.05 Å². The molecule has 2 atom stereocenters. The van der Waals surface area contributed by atoms with Gasteiger partial charge in [0, 0.05) is 25.7 Å². The Labute approximate surface area is 198 Å². The molecule has 8 heteroatoms. The summed E-state index contributed by atoms with van der Waals surface area (Å²) in [5.41, 5.74) is 0.872. The molecule has 2 aromatic carbocycles. The summed E-state index contributed by atoms with van der Waals surface area (Å²) in [7, 11) is 1.76. The molecule has 3 rings (SSSR count). The summed E-state index contributed by atoms with van der Waals surface area (Å²) in [6.07, 6.45) is 5.15. The maximum atomic E-state index is 13.4.